The molecule has 0 bridgehead atoms. The van der Waals surface area contributed by atoms with Gasteiger partial charge in [-0.15, -0.1) is 0 Å². The van der Waals surface area contributed by atoms with Crippen LogP contribution in [0, 0.1) is 5.41 Å². The molecule has 0 spiro atoms. The fourth-order valence-corrected chi connectivity index (χ4v) is 2.02. The number of amides is 1. The Morgan fingerprint density at radius 3 is 1.58 bits per heavy atom. The summed E-state index contributed by atoms with van der Waals surface area (Å²) < 4.78 is 14.8. The predicted molar refractivity (Wildman–Crippen MR) is 90.9 cm³/mol. The number of unbranched alkanes of at least 4 members (excludes halogenated alkanes) is 3. The molecule has 0 aromatic rings. The third-order valence-corrected chi connectivity index (χ3v) is 3.51. The molecular weight excluding hydrogens is 346 g/mol. The highest BCUT2D eigenvalue weighted by Crippen LogP contribution is 2.21. The minimum atomic E-state index is -1.52. The van der Waals surface area contributed by atoms with Gasteiger partial charge in [0.1, 0.15) is 19.8 Å². The van der Waals surface area contributed by atoms with Crippen LogP contribution in [0.1, 0.15) is 46.5 Å². The first-order chi connectivity index (χ1) is 12.2. The van der Waals surface area contributed by atoms with E-state index in [0.717, 1.165) is 12.8 Å². The lowest BCUT2D eigenvalue weighted by Crippen LogP contribution is -2.51. The Kier molecular flexibility index (Phi) is 12.0. The van der Waals surface area contributed by atoms with Crippen LogP contribution in [0.5, 0.6) is 0 Å². The predicted octanol–water partition coefficient (Wildman–Crippen LogP) is 0.331. The van der Waals surface area contributed by atoms with Crippen LogP contribution in [0.2, 0.25) is 0 Å². The molecule has 0 rings (SSSR count). The fourth-order valence-electron chi connectivity index (χ4n) is 2.02. The molecule has 150 valence electrons. The summed E-state index contributed by atoms with van der Waals surface area (Å²) in [5, 5.41) is 11.4. The molecule has 9 heteroatoms. The van der Waals surface area contributed by atoms with E-state index in [9.17, 15) is 19.2 Å². The minimum Gasteiger partial charge on any atom is -0.464 e. The van der Waals surface area contributed by atoms with Crippen LogP contribution in [0.25, 0.3) is 0 Å². The molecule has 0 fully saturated rings. The Balaban J connectivity index is 5.00. The Bertz CT molecular complexity index is 432. The van der Waals surface area contributed by atoms with E-state index in [-0.39, 0.29) is 26.4 Å². The summed E-state index contributed by atoms with van der Waals surface area (Å²) in [6, 6.07) is 0. The van der Waals surface area contributed by atoms with E-state index in [1.807, 2.05) is 0 Å². The van der Waals surface area contributed by atoms with E-state index in [1.165, 1.54) is 20.8 Å². The van der Waals surface area contributed by atoms with Gasteiger partial charge in [0.2, 0.25) is 5.91 Å². The maximum atomic E-state index is 12.7. The summed E-state index contributed by atoms with van der Waals surface area (Å²) in [6.07, 6.45) is 3.05. The molecule has 0 aromatic carbocycles. The summed E-state index contributed by atoms with van der Waals surface area (Å²) in [5.41, 5.74) is -1.52. The molecule has 0 aliphatic rings. The molecular formula is C17H29NO8. The third-order valence-electron chi connectivity index (χ3n) is 3.51. The Hall–Kier alpha value is -2.16. The Labute approximate surface area is 153 Å². The SMILES string of the molecule is CC(=O)OCC(COC(C)=O)(COC(C)=O)C(=O)NCCCCCCO. The van der Waals surface area contributed by atoms with Crippen LogP contribution in [-0.2, 0) is 33.4 Å². The molecule has 0 saturated heterocycles. The molecule has 0 radical (unpaired) electrons. The van der Waals surface area contributed by atoms with E-state index in [1.54, 1.807) is 0 Å². The minimum absolute atomic E-state index is 0.128. The number of rotatable bonds is 13. The van der Waals surface area contributed by atoms with Gasteiger partial charge in [0.05, 0.1) is 0 Å². The van der Waals surface area contributed by atoms with Gasteiger partial charge in [-0.05, 0) is 12.8 Å². The molecule has 0 heterocycles. The number of carbonyl (C=O) groups excluding carboxylic acids is 4. The van der Waals surface area contributed by atoms with E-state index in [0.29, 0.717) is 19.4 Å². The van der Waals surface area contributed by atoms with Gasteiger partial charge < -0.3 is 24.6 Å². The summed E-state index contributed by atoms with van der Waals surface area (Å²) >= 11 is 0. The molecule has 0 unspecified atom stereocenters. The number of hydrogen-bond acceptors (Lipinski definition) is 8. The van der Waals surface area contributed by atoms with Gasteiger partial charge in [0.15, 0.2) is 5.41 Å². The number of ether oxygens (including phenoxy) is 3. The average Bonchev–Trinajstić information content (AvgIpc) is 2.57. The molecule has 0 aromatic heterocycles. The molecule has 0 atom stereocenters. The lowest BCUT2D eigenvalue weighted by Gasteiger charge is -2.30. The standard InChI is InChI=1S/C17H29NO8/c1-13(20)24-10-17(11-25-14(2)21,12-26-15(3)22)16(23)18-8-6-4-5-7-9-19/h19H,4-12H2,1-3H3,(H,18,23). The van der Waals surface area contributed by atoms with Crippen molar-refractivity contribution in [2.24, 2.45) is 5.41 Å². The van der Waals surface area contributed by atoms with Crippen LogP contribution in [-0.4, -0.2) is 61.9 Å². The second-order valence-corrected chi connectivity index (χ2v) is 6.01. The molecule has 0 aliphatic carbocycles. The molecule has 9 nitrogen and oxygen atoms in total. The van der Waals surface area contributed by atoms with Crippen molar-refractivity contribution >= 4 is 23.8 Å². The molecule has 0 saturated carbocycles. The van der Waals surface area contributed by atoms with Gasteiger partial charge in [-0.1, -0.05) is 12.8 Å². The highest BCUT2D eigenvalue weighted by atomic mass is 16.6. The van der Waals surface area contributed by atoms with Crippen LogP contribution in [0.3, 0.4) is 0 Å². The number of nitrogens with one attached hydrogen (secondary N) is 1. The zero-order valence-electron chi connectivity index (χ0n) is 15.7. The second kappa shape index (κ2) is 13.1. The lowest BCUT2D eigenvalue weighted by atomic mass is 9.89. The van der Waals surface area contributed by atoms with Crippen LogP contribution < -0.4 is 5.32 Å². The van der Waals surface area contributed by atoms with Gasteiger partial charge in [0.25, 0.3) is 0 Å². The fraction of sp³-hybridized carbons (Fsp3) is 0.765. The normalized spacial score (nSPS) is 10.8. The van der Waals surface area contributed by atoms with Gasteiger partial charge in [-0.3, -0.25) is 19.2 Å². The van der Waals surface area contributed by atoms with Crippen molar-refractivity contribution in [3.05, 3.63) is 0 Å². The third kappa shape index (κ3) is 10.7. The van der Waals surface area contributed by atoms with Crippen LogP contribution >= 0.6 is 0 Å². The van der Waals surface area contributed by atoms with Crippen molar-refractivity contribution in [2.75, 3.05) is 33.0 Å². The first kappa shape index (κ1) is 23.8. The number of aliphatic hydroxyl groups is 1. The highest BCUT2D eigenvalue weighted by Gasteiger charge is 2.42. The van der Waals surface area contributed by atoms with E-state index < -0.39 is 29.2 Å². The number of carbonyl (C=O) groups is 4. The van der Waals surface area contributed by atoms with Crippen molar-refractivity contribution in [3.63, 3.8) is 0 Å². The second-order valence-electron chi connectivity index (χ2n) is 6.01. The largest absolute Gasteiger partial charge is 0.464 e. The quantitative estimate of drug-likeness (QED) is 0.268. The van der Waals surface area contributed by atoms with Crippen molar-refractivity contribution in [1.29, 1.82) is 0 Å². The molecule has 0 aliphatic heterocycles. The Morgan fingerprint density at radius 1 is 0.769 bits per heavy atom. The van der Waals surface area contributed by atoms with Crippen molar-refractivity contribution in [2.45, 2.75) is 46.5 Å². The van der Waals surface area contributed by atoms with Gasteiger partial charge in [0, 0.05) is 33.9 Å². The van der Waals surface area contributed by atoms with Crippen molar-refractivity contribution in [1.82, 2.24) is 5.32 Å². The first-order valence-corrected chi connectivity index (χ1v) is 8.53. The highest BCUT2D eigenvalue weighted by molar-refractivity contribution is 5.84. The van der Waals surface area contributed by atoms with E-state index >= 15 is 0 Å². The van der Waals surface area contributed by atoms with Crippen LogP contribution in [0.15, 0.2) is 0 Å². The zero-order chi connectivity index (χ0) is 20.0. The maximum absolute atomic E-state index is 12.7. The van der Waals surface area contributed by atoms with Gasteiger partial charge in [-0.2, -0.15) is 0 Å². The summed E-state index contributed by atoms with van der Waals surface area (Å²) in [7, 11) is 0. The number of aliphatic hydroxyl groups excluding tert-OH is 1. The van der Waals surface area contributed by atoms with Crippen LogP contribution in [0.4, 0.5) is 0 Å². The average molecular weight is 375 g/mol. The summed E-state index contributed by atoms with van der Waals surface area (Å²) in [6.45, 7) is 2.86. The number of hydrogen-bond donors (Lipinski definition) is 2. The summed E-state index contributed by atoms with van der Waals surface area (Å²) in [5.74, 6) is -2.38. The molecule has 1 amide bonds. The van der Waals surface area contributed by atoms with Gasteiger partial charge >= 0.3 is 17.9 Å². The molecule has 2 N–H and O–H groups in total. The van der Waals surface area contributed by atoms with Crippen molar-refractivity contribution in [3.8, 4) is 0 Å². The van der Waals surface area contributed by atoms with Crippen molar-refractivity contribution < 1.29 is 38.5 Å². The topological polar surface area (TPSA) is 128 Å². The van der Waals surface area contributed by atoms with Gasteiger partial charge in [-0.25, -0.2) is 0 Å². The lowest BCUT2D eigenvalue weighted by molar-refractivity contribution is -0.164. The monoisotopic (exact) mass is 375 g/mol. The maximum Gasteiger partial charge on any atom is 0.302 e. The van der Waals surface area contributed by atoms with E-state index in [2.05, 4.69) is 5.32 Å². The zero-order valence-corrected chi connectivity index (χ0v) is 15.7. The Morgan fingerprint density at radius 2 is 1.19 bits per heavy atom. The smallest absolute Gasteiger partial charge is 0.302 e. The molecule has 26 heavy (non-hydrogen) atoms. The van der Waals surface area contributed by atoms with E-state index in [4.69, 9.17) is 19.3 Å². The summed E-state index contributed by atoms with van der Waals surface area (Å²) in [4.78, 5) is 46.1. The first-order valence-electron chi connectivity index (χ1n) is 8.53. The number of esters is 3.